The largest absolute Gasteiger partial charge is 0.478 e. The van der Waals surface area contributed by atoms with Gasteiger partial charge in [-0.3, -0.25) is 5.43 Å². The summed E-state index contributed by atoms with van der Waals surface area (Å²) in [5.41, 5.74) is 3.84. The Balaban J connectivity index is 1.98. The van der Waals surface area contributed by atoms with Crippen LogP contribution >= 0.6 is 27.3 Å². The lowest BCUT2D eigenvalue weighted by Gasteiger charge is -1.99. The van der Waals surface area contributed by atoms with Crippen LogP contribution < -0.4 is 5.43 Å². The Morgan fingerprint density at radius 3 is 2.56 bits per heavy atom. The Morgan fingerprint density at radius 2 is 2.00 bits per heavy atom. The molecule has 0 radical (unpaired) electrons. The molecule has 0 bridgehead atoms. The van der Waals surface area contributed by atoms with E-state index < -0.39 is 5.97 Å². The number of benzene rings is 1. The molecule has 0 saturated heterocycles. The predicted octanol–water partition coefficient (Wildman–Crippen LogP) is 3.65. The molecule has 1 heterocycles. The summed E-state index contributed by atoms with van der Waals surface area (Å²) in [4.78, 5) is 11.7. The predicted molar refractivity (Wildman–Crippen MR) is 76.6 cm³/mol. The van der Waals surface area contributed by atoms with Crippen LogP contribution in [0.2, 0.25) is 0 Å². The molecule has 4 nitrogen and oxygen atoms in total. The van der Waals surface area contributed by atoms with Gasteiger partial charge in [-0.2, -0.15) is 5.10 Å². The zero-order valence-corrected chi connectivity index (χ0v) is 11.5. The third-order valence-electron chi connectivity index (χ3n) is 2.11. The van der Waals surface area contributed by atoms with Crippen molar-refractivity contribution < 1.29 is 9.90 Å². The van der Waals surface area contributed by atoms with E-state index in [4.69, 9.17) is 5.11 Å². The molecule has 0 spiro atoms. The van der Waals surface area contributed by atoms with Crippen molar-refractivity contribution in [2.45, 2.75) is 0 Å². The maximum absolute atomic E-state index is 10.7. The summed E-state index contributed by atoms with van der Waals surface area (Å²) in [6, 6.07) is 10.3. The first-order chi connectivity index (χ1) is 8.65. The molecule has 6 heteroatoms. The molecular weight excluding hydrogens is 316 g/mol. The summed E-state index contributed by atoms with van der Waals surface area (Å²) in [5, 5.41) is 12.8. The smallest absolute Gasteiger partial charge is 0.335 e. The number of carboxylic acid groups (broad SMARTS) is 1. The van der Waals surface area contributed by atoms with Gasteiger partial charge in [0.1, 0.15) is 0 Å². The van der Waals surface area contributed by atoms with Gasteiger partial charge in [-0.25, -0.2) is 4.79 Å². The molecule has 92 valence electrons. The fourth-order valence-electron chi connectivity index (χ4n) is 1.26. The highest BCUT2D eigenvalue weighted by molar-refractivity contribution is 9.11. The summed E-state index contributed by atoms with van der Waals surface area (Å²) < 4.78 is 1.05. The molecule has 0 aliphatic heterocycles. The molecule has 2 N–H and O–H groups in total. The molecule has 2 aromatic rings. The Bertz CT molecular complexity index is 578. The second-order valence-corrected chi connectivity index (χ2v) is 5.89. The van der Waals surface area contributed by atoms with Crippen LogP contribution in [0.25, 0.3) is 0 Å². The fourth-order valence-corrected chi connectivity index (χ4v) is 2.55. The third kappa shape index (κ3) is 3.41. The number of carboxylic acids is 1. The van der Waals surface area contributed by atoms with Crippen molar-refractivity contribution in [3.63, 3.8) is 0 Å². The monoisotopic (exact) mass is 324 g/mol. The molecule has 0 aliphatic carbocycles. The number of hydrogen-bond acceptors (Lipinski definition) is 4. The van der Waals surface area contributed by atoms with Crippen LogP contribution in [0.3, 0.4) is 0 Å². The first-order valence-electron chi connectivity index (χ1n) is 5.03. The maximum Gasteiger partial charge on any atom is 0.335 e. The van der Waals surface area contributed by atoms with Crippen molar-refractivity contribution in [3.05, 3.63) is 50.6 Å². The van der Waals surface area contributed by atoms with E-state index in [0.29, 0.717) is 0 Å². The summed E-state index contributed by atoms with van der Waals surface area (Å²) in [6.45, 7) is 0. The van der Waals surface area contributed by atoms with Crippen LogP contribution in [0.1, 0.15) is 15.2 Å². The van der Waals surface area contributed by atoms with Gasteiger partial charge in [0.15, 0.2) is 0 Å². The minimum atomic E-state index is -0.937. The van der Waals surface area contributed by atoms with E-state index in [2.05, 4.69) is 26.5 Å². The number of thiophene rings is 1. The van der Waals surface area contributed by atoms with Crippen molar-refractivity contribution >= 4 is 45.1 Å². The van der Waals surface area contributed by atoms with Gasteiger partial charge in [0, 0.05) is 4.88 Å². The number of halogens is 1. The minimum absolute atomic E-state index is 0.256. The number of aromatic carboxylic acids is 1. The number of nitrogens with zero attached hydrogens (tertiary/aromatic N) is 1. The van der Waals surface area contributed by atoms with E-state index in [9.17, 15) is 4.79 Å². The van der Waals surface area contributed by atoms with Crippen molar-refractivity contribution in [1.29, 1.82) is 0 Å². The van der Waals surface area contributed by atoms with Crippen LogP contribution in [0.15, 0.2) is 45.3 Å². The second-order valence-electron chi connectivity index (χ2n) is 3.39. The standard InChI is InChI=1S/C12H9BrN2O2S/c13-11-6-5-10(18-11)7-14-15-9-3-1-8(2-4-9)12(16)17/h1-7,15H,(H,16,17). The fraction of sp³-hybridized carbons (Fsp3) is 0. The van der Waals surface area contributed by atoms with E-state index in [0.717, 1.165) is 14.4 Å². The molecule has 1 aromatic heterocycles. The van der Waals surface area contributed by atoms with Gasteiger partial charge in [-0.1, -0.05) is 0 Å². The molecular formula is C12H9BrN2O2S. The lowest BCUT2D eigenvalue weighted by Crippen LogP contribution is -1.96. The van der Waals surface area contributed by atoms with Gasteiger partial charge >= 0.3 is 5.97 Å². The first-order valence-corrected chi connectivity index (χ1v) is 6.64. The SMILES string of the molecule is O=C(O)c1ccc(NN=Cc2ccc(Br)s2)cc1. The van der Waals surface area contributed by atoms with E-state index in [1.54, 1.807) is 29.7 Å². The molecule has 2 rings (SSSR count). The maximum atomic E-state index is 10.7. The molecule has 0 amide bonds. The summed E-state index contributed by atoms with van der Waals surface area (Å²) in [5.74, 6) is -0.937. The molecule has 0 saturated carbocycles. The van der Waals surface area contributed by atoms with E-state index in [1.165, 1.54) is 12.1 Å². The number of hydrazone groups is 1. The topological polar surface area (TPSA) is 61.7 Å². The Hall–Kier alpha value is -1.66. The van der Waals surface area contributed by atoms with Crippen molar-refractivity contribution in [2.75, 3.05) is 5.43 Å². The number of carbonyl (C=O) groups is 1. The number of hydrogen-bond donors (Lipinski definition) is 2. The van der Waals surface area contributed by atoms with Crippen molar-refractivity contribution in [3.8, 4) is 0 Å². The van der Waals surface area contributed by atoms with Crippen LogP contribution in [0.5, 0.6) is 0 Å². The van der Waals surface area contributed by atoms with Crippen LogP contribution in [-0.4, -0.2) is 17.3 Å². The Labute approximate surface area is 116 Å². The average molecular weight is 325 g/mol. The van der Waals surface area contributed by atoms with E-state index >= 15 is 0 Å². The Kier molecular flexibility index (Phi) is 4.11. The molecule has 1 aromatic carbocycles. The zero-order valence-electron chi connectivity index (χ0n) is 9.13. The van der Waals surface area contributed by atoms with Gasteiger partial charge in [-0.15, -0.1) is 11.3 Å². The van der Waals surface area contributed by atoms with Crippen molar-refractivity contribution in [1.82, 2.24) is 0 Å². The van der Waals surface area contributed by atoms with E-state index in [-0.39, 0.29) is 5.56 Å². The minimum Gasteiger partial charge on any atom is -0.478 e. The van der Waals surface area contributed by atoms with Gasteiger partial charge in [0.2, 0.25) is 0 Å². The number of anilines is 1. The van der Waals surface area contributed by atoms with E-state index in [1.807, 2.05) is 12.1 Å². The highest BCUT2D eigenvalue weighted by Gasteiger charge is 2.00. The van der Waals surface area contributed by atoms with Crippen LogP contribution in [-0.2, 0) is 0 Å². The van der Waals surface area contributed by atoms with Gasteiger partial charge in [-0.05, 0) is 52.3 Å². The quantitative estimate of drug-likeness (QED) is 0.666. The van der Waals surface area contributed by atoms with Crippen LogP contribution in [0, 0.1) is 0 Å². The second kappa shape index (κ2) is 5.79. The lowest BCUT2D eigenvalue weighted by molar-refractivity contribution is 0.0697. The average Bonchev–Trinajstić information content (AvgIpc) is 2.76. The number of nitrogens with one attached hydrogen (secondary N) is 1. The van der Waals surface area contributed by atoms with Gasteiger partial charge < -0.3 is 5.11 Å². The summed E-state index contributed by atoms with van der Waals surface area (Å²) >= 11 is 4.95. The highest BCUT2D eigenvalue weighted by atomic mass is 79.9. The summed E-state index contributed by atoms with van der Waals surface area (Å²) in [7, 11) is 0. The third-order valence-corrected chi connectivity index (χ3v) is 3.67. The number of rotatable bonds is 4. The Morgan fingerprint density at radius 1 is 1.28 bits per heavy atom. The highest BCUT2D eigenvalue weighted by Crippen LogP contribution is 2.20. The van der Waals surface area contributed by atoms with Gasteiger partial charge in [0.25, 0.3) is 0 Å². The molecule has 18 heavy (non-hydrogen) atoms. The first kappa shape index (κ1) is 12.8. The molecule has 0 atom stereocenters. The normalized spacial score (nSPS) is 10.7. The zero-order chi connectivity index (χ0) is 13.0. The van der Waals surface area contributed by atoms with Gasteiger partial charge in [0.05, 0.1) is 21.3 Å². The molecule has 0 fully saturated rings. The molecule has 0 unspecified atom stereocenters. The molecule has 0 aliphatic rings. The lowest BCUT2D eigenvalue weighted by atomic mass is 10.2. The van der Waals surface area contributed by atoms with Crippen molar-refractivity contribution in [2.24, 2.45) is 5.10 Å². The van der Waals surface area contributed by atoms with Crippen LogP contribution in [0.4, 0.5) is 5.69 Å². The summed E-state index contributed by atoms with van der Waals surface area (Å²) in [6.07, 6.45) is 1.71.